The van der Waals surface area contributed by atoms with Gasteiger partial charge >= 0.3 is 0 Å². The second-order valence-corrected chi connectivity index (χ2v) is 7.44. The molecule has 0 bridgehead atoms. The highest BCUT2D eigenvalue weighted by Crippen LogP contribution is 2.21. The number of hydrogen-bond acceptors (Lipinski definition) is 3. The molecule has 2 aromatic carbocycles. The van der Waals surface area contributed by atoms with Crippen LogP contribution in [0.5, 0.6) is 5.75 Å². The number of rotatable bonds is 7. The van der Waals surface area contributed by atoms with Crippen molar-refractivity contribution in [1.82, 2.24) is 5.32 Å². The lowest BCUT2D eigenvalue weighted by Gasteiger charge is -2.16. The molecule has 0 saturated heterocycles. The maximum atomic E-state index is 14.0. The molecule has 0 saturated carbocycles. The summed E-state index contributed by atoms with van der Waals surface area (Å²) in [6.07, 6.45) is 1.61. The lowest BCUT2D eigenvalue weighted by atomic mass is 10.1. The Morgan fingerprint density at radius 2 is 1.79 bits per heavy atom. The van der Waals surface area contributed by atoms with Crippen molar-refractivity contribution in [3.05, 3.63) is 59.4 Å². The number of halogens is 1. The van der Waals surface area contributed by atoms with Gasteiger partial charge in [-0.1, -0.05) is 18.2 Å². The number of benzene rings is 2. The highest BCUT2D eigenvalue weighted by atomic mass is 32.2. The van der Waals surface area contributed by atoms with Gasteiger partial charge in [0.25, 0.3) is 0 Å². The summed E-state index contributed by atoms with van der Waals surface area (Å²) in [6.45, 7) is 6.35. The molecule has 5 heteroatoms. The molecule has 130 valence electrons. The van der Waals surface area contributed by atoms with E-state index in [1.807, 2.05) is 51.1 Å². The van der Waals surface area contributed by atoms with E-state index in [1.165, 1.54) is 6.07 Å². The van der Waals surface area contributed by atoms with Crippen LogP contribution in [0.1, 0.15) is 37.9 Å². The van der Waals surface area contributed by atoms with E-state index in [1.54, 1.807) is 12.3 Å². The standard InChI is InChI=1S/C19H24FNO2S/c1-13(2)23-19-10-5-15(11-18(19)20)12-21-14(3)16-6-8-17(9-7-16)24(4)22/h5-11,13-14,21H,12H2,1-4H3/t14-,24+/m1/s1. The predicted octanol–water partition coefficient (Wildman–Crippen LogP) is 4.20. The lowest BCUT2D eigenvalue weighted by Crippen LogP contribution is -2.18. The van der Waals surface area contributed by atoms with E-state index in [4.69, 9.17) is 4.74 Å². The zero-order chi connectivity index (χ0) is 17.7. The summed E-state index contributed by atoms with van der Waals surface area (Å²) >= 11 is 0. The molecule has 2 rings (SSSR count). The molecule has 0 heterocycles. The third kappa shape index (κ3) is 5.14. The lowest BCUT2D eigenvalue weighted by molar-refractivity contribution is 0.231. The van der Waals surface area contributed by atoms with Gasteiger partial charge in [0.1, 0.15) is 0 Å². The molecule has 0 aliphatic carbocycles. The van der Waals surface area contributed by atoms with Gasteiger partial charge in [0.05, 0.1) is 6.10 Å². The van der Waals surface area contributed by atoms with Gasteiger partial charge in [-0.3, -0.25) is 4.21 Å². The minimum atomic E-state index is -0.967. The van der Waals surface area contributed by atoms with Crippen molar-refractivity contribution in [2.45, 2.75) is 44.4 Å². The Bertz CT molecular complexity index is 701. The first-order chi connectivity index (χ1) is 11.4. The maximum Gasteiger partial charge on any atom is 0.165 e. The number of hydrogen-bond donors (Lipinski definition) is 1. The van der Waals surface area contributed by atoms with Crippen LogP contribution in [0.15, 0.2) is 47.4 Å². The quantitative estimate of drug-likeness (QED) is 0.814. The molecule has 0 aliphatic heterocycles. The third-order valence-corrected chi connectivity index (χ3v) is 4.62. The van der Waals surface area contributed by atoms with Gasteiger partial charge in [-0.2, -0.15) is 0 Å². The van der Waals surface area contributed by atoms with Gasteiger partial charge in [-0.25, -0.2) is 4.39 Å². The molecular weight excluding hydrogens is 325 g/mol. The molecule has 3 nitrogen and oxygen atoms in total. The minimum Gasteiger partial charge on any atom is -0.488 e. The highest BCUT2D eigenvalue weighted by Gasteiger charge is 2.09. The Hall–Kier alpha value is -1.72. The fraction of sp³-hybridized carbons (Fsp3) is 0.368. The van der Waals surface area contributed by atoms with Gasteiger partial charge in [0, 0.05) is 34.5 Å². The number of ether oxygens (including phenoxy) is 1. The molecule has 1 N–H and O–H groups in total. The summed E-state index contributed by atoms with van der Waals surface area (Å²) in [6, 6.07) is 12.8. The third-order valence-electron chi connectivity index (χ3n) is 3.68. The van der Waals surface area contributed by atoms with Crippen LogP contribution in [0.3, 0.4) is 0 Å². The highest BCUT2D eigenvalue weighted by molar-refractivity contribution is 7.84. The molecular formula is C19H24FNO2S. The van der Waals surface area contributed by atoms with Crippen LogP contribution in [-0.4, -0.2) is 16.6 Å². The number of nitrogens with one attached hydrogen (secondary N) is 1. The van der Waals surface area contributed by atoms with Crippen LogP contribution in [0.4, 0.5) is 4.39 Å². The summed E-state index contributed by atoms with van der Waals surface area (Å²) < 4.78 is 30.8. The summed E-state index contributed by atoms with van der Waals surface area (Å²) in [5, 5.41) is 3.37. The van der Waals surface area contributed by atoms with Gasteiger partial charge in [0.2, 0.25) is 0 Å². The molecule has 0 aromatic heterocycles. The van der Waals surface area contributed by atoms with E-state index in [2.05, 4.69) is 5.32 Å². The van der Waals surface area contributed by atoms with E-state index in [0.717, 1.165) is 16.0 Å². The fourth-order valence-corrected chi connectivity index (χ4v) is 2.86. The first-order valence-corrected chi connectivity index (χ1v) is 9.54. The van der Waals surface area contributed by atoms with Crippen molar-refractivity contribution in [3.8, 4) is 5.75 Å². The molecule has 0 spiro atoms. The molecule has 0 unspecified atom stereocenters. The van der Waals surface area contributed by atoms with Crippen molar-refractivity contribution in [2.24, 2.45) is 0 Å². The normalized spacial score (nSPS) is 13.8. The predicted molar refractivity (Wildman–Crippen MR) is 96.2 cm³/mol. The molecule has 0 fully saturated rings. The minimum absolute atomic E-state index is 0.0519. The molecule has 24 heavy (non-hydrogen) atoms. The van der Waals surface area contributed by atoms with Crippen LogP contribution in [0, 0.1) is 5.82 Å². The summed E-state index contributed by atoms with van der Waals surface area (Å²) in [4.78, 5) is 0.814. The van der Waals surface area contributed by atoms with Gasteiger partial charge in [-0.15, -0.1) is 0 Å². The SMILES string of the molecule is CC(C)Oc1ccc(CN[C@H](C)c2ccc([S@](C)=O)cc2)cc1F. The zero-order valence-corrected chi connectivity index (χ0v) is 15.3. The molecule has 0 amide bonds. The van der Waals surface area contributed by atoms with Crippen molar-refractivity contribution >= 4 is 10.8 Å². The Kier molecular flexibility index (Phi) is 6.52. The average Bonchev–Trinajstić information content (AvgIpc) is 2.54. The summed E-state index contributed by atoms with van der Waals surface area (Å²) in [7, 11) is -0.967. The Labute approximate surface area is 145 Å². The van der Waals surface area contributed by atoms with E-state index >= 15 is 0 Å². The van der Waals surface area contributed by atoms with Crippen LogP contribution < -0.4 is 10.1 Å². The van der Waals surface area contributed by atoms with E-state index < -0.39 is 10.8 Å². The van der Waals surface area contributed by atoms with E-state index in [0.29, 0.717) is 6.54 Å². The molecule has 0 aliphatic rings. The average molecular weight is 349 g/mol. The van der Waals surface area contributed by atoms with E-state index in [9.17, 15) is 8.60 Å². The fourth-order valence-electron chi connectivity index (χ4n) is 2.34. The van der Waals surface area contributed by atoms with Crippen molar-refractivity contribution in [3.63, 3.8) is 0 Å². The second-order valence-electron chi connectivity index (χ2n) is 6.06. The van der Waals surface area contributed by atoms with Crippen LogP contribution >= 0.6 is 0 Å². The van der Waals surface area contributed by atoms with Crippen molar-refractivity contribution < 1.29 is 13.3 Å². The van der Waals surface area contributed by atoms with Crippen LogP contribution in [0.2, 0.25) is 0 Å². The zero-order valence-electron chi connectivity index (χ0n) is 14.5. The van der Waals surface area contributed by atoms with Gasteiger partial charge < -0.3 is 10.1 Å². The van der Waals surface area contributed by atoms with Crippen molar-refractivity contribution in [1.29, 1.82) is 0 Å². The molecule has 2 aromatic rings. The molecule has 2 atom stereocenters. The van der Waals surface area contributed by atoms with Crippen molar-refractivity contribution in [2.75, 3.05) is 6.26 Å². The summed E-state index contributed by atoms with van der Waals surface area (Å²) in [5.74, 6) is -0.0598. The van der Waals surface area contributed by atoms with Crippen LogP contribution in [-0.2, 0) is 17.3 Å². The Morgan fingerprint density at radius 1 is 1.12 bits per heavy atom. The van der Waals surface area contributed by atoms with Gasteiger partial charge in [0.15, 0.2) is 11.6 Å². The first-order valence-electron chi connectivity index (χ1n) is 7.98. The smallest absolute Gasteiger partial charge is 0.165 e. The van der Waals surface area contributed by atoms with Crippen LogP contribution in [0.25, 0.3) is 0 Å². The first kappa shape index (κ1) is 18.6. The Morgan fingerprint density at radius 3 is 2.33 bits per heavy atom. The maximum absolute atomic E-state index is 14.0. The van der Waals surface area contributed by atoms with Gasteiger partial charge in [-0.05, 0) is 56.2 Å². The largest absolute Gasteiger partial charge is 0.488 e. The Balaban J connectivity index is 1.97. The topological polar surface area (TPSA) is 38.3 Å². The monoisotopic (exact) mass is 349 g/mol. The summed E-state index contributed by atoms with van der Waals surface area (Å²) in [5.41, 5.74) is 1.96. The van der Waals surface area contributed by atoms with E-state index in [-0.39, 0.29) is 23.7 Å². The molecule has 0 radical (unpaired) electrons. The second kappa shape index (κ2) is 8.40.